The Hall–Kier alpha value is -1.32. The van der Waals surface area contributed by atoms with Gasteiger partial charge in [-0.05, 0) is 26.0 Å². The number of thiazole rings is 1. The van der Waals surface area contributed by atoms with E-state index >= 15 is 0 Å². The largest absolute Gasteiger partial charge is 0.382 e. The molecular formula is C16H16Cl2N4O2S2. The molecule has 3 aromatic rings. The first kappa shape index (κ1) is 19.4. The van der Waals surface area contributed by atoms with Gasteiger partial charge in [0.25, 0.3) is 0 Å². The van der Waals surface area contributed by atoms with E-state index in [1.165, 1.54) is 28.7 Å². The first-order valence-corrected chi connectivity index (χ1v) is 10.5. The van der Waals surface area contributed by atoms with Gasteiger partial charge < -0.3 is 5.11 Å². The maximum Gasteiger partial charge on any atom is 0.181 e. The summed E-state index contributed by atoms with van der Waals surface area (Å²) in [6, 6.07) is 4.82. The summed E-state index contributed by atoms with van der Waals surface area (Å²) >= 11 is 13.6. The minimum absolute atomic E-state index is 0.0451. The summed E-state index contributed by atoms with van der Waals surface area (Å²) in [5, 5.41) is 16.2. The molecule has 0 aliphatic rings. The second-order valence-electron chi connectivity index (χ2n) is 5.86. The van der Waals surface area contributed by atoms with Crippen molar-refractivity contribution in [3.05, 3.63) is 57.0 Å². The number of aryl methyl sites for hydroxylation is 2. The van der Waals surface area contributed by atoms with Crippen LogP contribution in [0.15, 0.2) is 35.2 Å². The maximum absolute atomic E-state index is 12.9. The summed E-state index contributed by atoms with van der Waals surface area (Å²) in [7, 11) is -1.51. The van der Waals surface area contributed by atoms with Gasteiger partial charge in [-0.2, -0.15) is 5.10 Å². The summed E-state index contributed by atoms with van der Waals surface area (Å²) in [6.07, 6.45) is 2.85. The molecule has 0 spiro atoms. The van der Waals surface area contributed by atoms with Gasteiger partial charge in [0, 0.05) is 20.5 Å². The smallest absolute Gasteiger partial charge is 0.181 e. The van der Waals surface area contributed by atoms with Crippen LogP contribution in [0.3, 0.4) is 0 Å². The van der Waals surface area contributed by atoms with E-state index in [9.17, 15) is 9.32 Å². The van der Waals surface area contributed by atoms with Crippen molar-refractivity contribution in [1.29, 1.82) is 0 Å². The SMILES string of the molecule is Cc1nc(S(=O)CC(O)(Cn2cncn2)c2ccc(Cl)cc2Cl)sc1C. The number of aliphatic hydroxyl groups is 1. The Morgan fingerprint density at radius 1 is 1.35 bits per heavy atom. The van der Waals surface area contributed by atoms with Crippen LogP contribution in [0.5, 0.6) is 0 Å². The molecule has 26 heavy (non-hydrogen) atoms. The van der Waals surface area contributed by atoms with Crippen molar-refractivity contribution in [3.8, 4) is 0 Å². The Labute approximate surface area is 167 Å². The number of hydrogen-bond donors (Lipinski definition) is 1. The molecule has 10 heteroatoms. The molecule has 1 aromatic carbocycles. The topological polar surface area (TPSA) is 80.9 Å². The van der Waals surface area contributed by atoms with Gasteiger partial charge in [-0.25, -0.2) is 14.6 Å². The first-order chi connectivity index (χ1) is 12.3. The lowest BCUT2D eigenvalue weighted by molar-refractivity contribution is 0.0389. The highest BCUT2D eigenvalue weighted by molar-refractivity contribution is 7.87. The number of benzene rings is 1. The van der Waals surface area contributed by atoms with Crippen LogP contribution in [-0.2, 0) is 22.9 Å². The van der Waals surface area contributed by atoms with Crippen molar-refractivity contribution in [1.82, 2.24) is 19.7 Å². The molecule has 0 saturated heterocycles. The van der Waals surface area contributed by atoms with E-state index in [0.29, 0.717) is 19.9 Å². The Morgan fingerprint density at radius 3 is 2.69 bits per heavy atom. The average Bonchev–Trinajstić information content (AvgIpc) is 3.17. The number of hydrogen-bond acceptors (Lipinski definition) is 6. The second-order valence-corrected chi connectivity index (χ2v) is 9.53. The normalized spacial score (nSPS) is 15.0. The van der Waals surface area contributed by atoms with Crippen molar-refractivity contribution >= 4 is 45.3 Å². The van der Waals surface area contributed by atoms with Crippen molar-refractivity contribution in [2.24, 2.45) is 0 Å². The summed E-state index contributed by atoms with van der Waals surface area (Å²) in [5.74, 6) is -0.0827. The predicted octanol–water partition coefficient (Wildman–Crippen LogP) is 3.35. The fourth-order valence-corrected chi connectivity index (χ4v) is 5.67. The third kappa shape index (κ3) is 4.15. The third-order valence-corrected chi connectivity index (χ3v) is 7.34. The molecule has 0 amide bonds. The molecule has 0 fully saturated rings. The van der Waals surface area contributed by atoms with E-state index < -0.39 is 16.4 Å². The number of rotatable bonds is 6. The summed E-state index contributed by atoms with van der Waals surface area (Å²) in [5.41, 5.74) is -0.270. The molecule has 2 atom stereocenters. The first-order valence-electron chi connectivity index (χ1n) is 7.61. The lowest BCUT2D eigenvalue weighted by Gasteiger charge is -2.28. The quantitative estimate of drug-likeness (QED) is 0.648. The predicted molar refractivity (Wildman–Crippen MR) is 103 cm³/mol. The summed E-state index contributed by atoms with van der Waals surface area (Å²) < 4.78 is 14.8. The lowest BCUT2D eigenvalue weighted by Crippen LogP contribution is -2.37. The minimum atomic E-state index is -1.53. The Kier molecular flexibility index (Phi) is 5.78. The van der Waals surface area contributed by atoms with E-state index in [0.717, 1.165) is 10.6 Å². The van der Waals surface area contributed by atoms with Crippen molar-refractivity contribution < 1.29 is 9.32 Å². The number of halogens is 2. The van der Waals surface area contributed by atoms with Gasteiger partial charge in [-0.1, -0.05) is 29.3 Å². The Bertz CT molecular complexity index is 926. The second kappa shape index (κ2) is 7.74. The Morgan fingerprint density at radius 2 is 2.12 bits per heavy atom. The van der Waals surface area contributed by atoms with E-state index in [-0.39, 0.29) is 12.3 Å². The number of aromatic nitrogens is 4. The Balaban J connectivity index is 1.98. The fraction of sp³-hybridized carbons (Fsp3) is 0.312. The van der Waals surface area contributed by atoms with E-state index in [2.05, 4.69) is 15.1 Å². The highest BCUT2D eigenvalue weighted by Crippen LogP contribution is 2.34. The summed E-state index contributed by atoms with van der Waals surface area (Å²) in [6.45, 7) is 3.83. The zero-order chi connectivity index (χ0) is 18.9. The van der Waals surface area contributed by atoms with Crippen LogP contribution in [0.1, 0.15) is 16.1 Å². The van der Waals surface area contributed by atoms with Gasteiger partial charge in [-0.3, -0.25) is 4.21 Å². The average molecular weight is 431 g/mol. The van der Waals surface area contributed by atoms with Crippen LogP contribution in [0.4, 0.5) is 0 Å². The molecule has 0 aliphatic heterocycles. The van der Waals surface area contributed by atoms with Crippen molar-refractivity contribution in [2.75, 3.05) is 5.75 Å². The zero-order valence-corrected chi connectivity index (χ0v) is 17.2. The molecule has 138 valence electrons. The minimum Gasteiger partial charge on any atom is -0.382 e. The van der Waals surface area contributed by atoms with Crippen LogP contribution in [0, 0.1) is 13.8 Å². The van der Waals surface area contributed by atoms with Gasteiger partial charge in [0.05, 0.1) is 28.8 Å². The van der Waals surface area contributed by atoms with Crippen LogP contribution in [0.2, 0.25) is 10.0 Å². The van der Waals surface area contributed by atoms with E-state index in [4.69, 9.17) is 23.2 Å². The third-order valence-electron chi connectivity index (χ3n) is 3.90. The van der Waals surface area contributed by atoms with Gasteiger partial charge in [0.2, 0.25) is 0 Å². The van der Waals surface area contributed by atoms with Crippen LogP contribution >= 0.6 is 34.5 Å². The molecule has 0 aliphatic carbocycles. The molecule has 0 saturated carbocycles. The molecule has 1 N–H and O–H groups in total. The molecule has 0 bridgehead atoms. The van der Waals surface area contributed by atoms with Gasteiger partial charge in [0.15, 0.2) is 4.34 Å². The maximum atomic E-state index is 12.9. The summed E-state index contributed by atoms with van der Waals surface area (Å²) in [4.78, 5) is 9.23. The monoisotopic (exact) mass is 430 g/mol. The lowest BCUT2D eigenvalue weighted by atomic mass is 9.95. The molecule has 2 unspecified atom stereocenters. The molecule has 0 radical (unpaired) electrons. The van der Waals surface area contributed by atoms with Crippen molar-refractivity contribution in [2.45, 2.75) is 30.3 Å². The van der Waals surface area contributed by atoms with E-state index in [1.54, 1.807) is 18.2 Å². The highest BCUT2D eigenvalue weighted by atomic mass is 35.5. The highest BCUT2D eigenvalue weighted by Gasteiger charge is 2.36. The van der Waals surface area contributed by atoms with Gasteiger partial charge in [-0.15, -0.1) is 11.3 Å². The van der Waals surface area contributed by atoms with Gasteiger partial charge in [0.1, 0.15) is 18.3 Å². The fourth-order valence-electron chi connectivity index (χ4n) is 2.48. The van der Waals surface area contributed by atoms with Gasteiger partial charge >= 0.3 is 0 Å². The number of nitrogens with zero attached hydrogens (tertiary/aromatic N) is 4. The van der Waals surface area contributed by atoms with Crippen LogP contribution < -0.4 is 0 Å². The standard InChI is InChI=1S/C16H16Cl2N4O2S2/c1-10-11(2)25-15(21-10)26(24)7-16(23,6-22-9-19-8-20-22)13-4-3-12(17)5-14(13)18/h3-5,8-9,23H,6-7H2,1-2H3. The van der Waals surface area contributed by atoms with Crippen LogP contribution in [-0.4, -0.2) is 34.8 Å². The molecule has 3 rings (SSSR count). The van der Waals surface area contributed by atoms with E-state index in [1.807, 2.05) is 13.8 Å². The van der Waals surface area contributed by atoms with Crippen LogP contribution in [0.25, 0.3) is 0 Å². The molecular weight excluding hydrogens is 415 g/mol. The molecule has 2 heterocycles. The molecule has 2 aromatic heterocycles. The molecule has 6 nitrogen and oxygen atoms in total. The zero-order valence-electron chi connectivity index (χ0n) is 14.0. The van der Waals surface area contributed by atoms with Crippen molar-refractivity contribution in [3.63, 3.8) is 0 Å².